The smallest absolute Gasteiger partial charge is 0.227 e. The minimum absolute atomic E-state index is 0.0503. The average molecular weight is 334 g/mol. The van der Waals surface area contributed by atoms with Gasteiger partial charge in [-0.25, -0.2) is 0 Å². The van der Waals surface area contributed by atoms with Gasteiger partial charge in [-0.15, -0.1) is 0 Å². The first-order valence-corrected chi connectivity index (χ1v) is 8.70. The Balaban J connectivity index is 2.05. The molecule has 2 rings (SSSR count). The fourth-order valence-electron chi connectivity index (χ4n) is 2.42. The van der Waals surface area contributed by atoms with Crippen LogP contribution in [0, 0.1) is 11.8 Å². The molecule has 1 N–H and O–H groups in total. The lowest BCUT2D eigenvalue weighted by atomic mass is 10.1. The standard InChI is InChI=1S/C17H22N2O3S/c1-11(2)17(22)18-14-5-4-6-15(8-14)19-9-13(7-16(19)21)10-23-12(3)20/h4-6,8,11,13H,7,9-10H2,1-3H3,(H,18,22). The highest BCUT2D eigenvalue weighted by Gasteiger charge is 2.30. The Labute approximate surface area is 140 Å². The van der Waals surface area contributed by atoms with E-state index in [1.165, 1.54) is 11.8 Å². The number of nitrogens with zero attached hydrogens (tertiary/aromatic N) is 1. The number of thioether (sulfide) groups is 1. The highest BCUT2D eigenvalue weighted by atomic mass is 32.2. The molecule has 1 aliphatic heterocycles. The molecule has 1 fully saturated rings. The Hall–Kier alpha value is -1.82. The first-order valence-electron chi connectivity index (χ1n) is 7.71. The molecule has 1 heterocycles. The minimum atomic E-state index is -0.0972. The largest absolute Gasteiger partial charge is 0.326 e. The SMILES string of the molecule is CC(=O)SCC1CC(=O)N(c2cccc(NC(=O)C(C)C)c2)C1. The van der Waals surface area contributed by atoms with Crippen LogP contribution in [-0.2, 0) is 14.4 Å². The fourth-order valence-corrected chi connectivity index (χ4v) is 3.11. The molecule has 1 aromatic carbocycles. The molecule has 0 aliphatic carbocycles. The van der Waals surface area contributed by atoms with Crippen molar-refractivity contribution < 1.29 is 14.4 Å². The van der Waals surface area contributed by atoms with Crippen LogP contribution < -0.4 is 10.2 Å². The van der Waals surface area contributed by atoms with Gasteiger partial charge < -0.3 is 10.2 Å². The van der Waals surface area contributed by atoms with Crippen LogP contribution in [0.5, 0.6) is 0 Å². The lowest BCUT2D eigenvalue weighted by Gasteiger charge is -2.18. The molecule has 0 aromatic heterocycles. The third-order valence-corrected chi connectivity index (χ3v) is 4.72. The fraction of sp³-hybridized carbons (Fsp3) is 0.471. The van der Waals surface area contributed by atoms with Crippen LogP contribution in [0.1, 0.15) is 27.2 Å². The van der Waals surface area contributed by atoms with Crippen molar-refractivity contribution in [3.05, 3.63) is 24.3 Å². The molecule has 0 saturated carbocycles. The zero-order valence-electron chi connectivity index (χ0n) is 13.7. The summed E-state index contributed by atoms with van der Waals surface area (Å²) < 4.78 is 0. The van der Waals surface area contributed by atoms with Gasteiger partial charge in [-0.1, -0.05) is 31.7 Å². The summed E-state index contributed by atoms with van der Waals surface area (Å²) in [5.74, 6) is 0.768. The van der Waals surface area contributed by atoms with Gasteiger partial charge in [-0.05, 0) is 24.1 Å². The van der Waals surface area contributed by atoms with Gasteiger partial charge in [-0.3, -0.25) is 14.4 Å². The molecule has 0 bridgehead atoms. The predicted molar refractivity (Wildman–Crippen MR) is 93.5 cm³/mol. The number of hydrogen-bond donors (Lipinski definition) is 1. The summed E-state index contributed by atoms with van der Waals surface area (Å²) in [5, 5.41) is 2.92. The number of anilines is 2. The Morgan fingerprint density at radius 3 is 2.78 bits per heavy atom. The number of nitrogens with one attached hydrogen (secondary N) is 1. The van der Waals surface area contributed by atoms with Gasteiger partial charge in [0.1, 0.15) is 0 Å². The Bertz CT molecular complexity index is 616. The Morgan fingerprint density at radius 1 is 1.39 bits per heavy atom. The highest BCUT2D eigenvalue weighted by molar-refractivity contribution is 8.13. The average Bonchev–Trinajstić information content (AvgIpc) is 2.86. The van der Waals surface area contributed by atoms with E-state index in [-0.39, 0.29) is 28.8 Å². The van der Waals surface area contributed by atoms with Gasteiger partial charge in [0.15, 0.2) is 5.12 Å². The van der Waals surface area contributed by atoms with Crippen molar-refractivity contribution >= 4 is 40.1 Å². The molecule has 0 spiro atoms. The maximum absolute atomic E-state index is 12.2. The third-order valence-electron chi connectivity index (χ3n) is 3.68. The van der Waals surface area contributed by atoms with Crippen molar-refractivity contribution in [2.45, 2.75) is 27.2 Å². The quantitative estimate of drug-likeness (QED) is 0.899. The van der Waals surface area contributed by atoms with Gasteiger partial charge in [0.25, 0.3) is 0 Å². The van der Waals surface area contributed by atoms with Crippen molar-refractivity contribution in [1.29, 1.82) is 0 Å². The van der Waals surface area contributed by atoms with Crippen LogP contribution in [0.4, 0.5) is 11.4 Å². The van der Waals surface area contributed by atoms with Crippen LogP contribution in [0.2, 0.25) is 0 Å². The second-order valence-electron chi connectivity index (χ2n) is 6.07. The summed E-state index contributed by atoms with van der Waals surface area (Å²) in [6.07, 6.45) is 0.461. The number of hydrogen-bond acceptors (Lipinski definition) is 4. The minimum Gasteiger partial charge on any atom is -0.326 e. The predicted octanol–water partition coefficient (Wildman–Crippen LogP) is 2.91. The zero-order chi connectivity index (χ0) is 17.0. The van der Waals surface area contributed by atoms with E-state index in [4.69, 9.17) is 0 Å². The van der Waals surface area contributed by atoms with Gasteiger partial charge in [0.2, 0.25) is 11.8 Å². The second-order valence-corrected chi connectivity index (χ2v) is 7.27. The summed E-state index contributed by atoms with van der Waals surface area (Å²) >= 11 is 1.27. The number of benzene rings is 1. The summed E-state index contributed by atoms with van der Waals surface area (Å²) in [7, 11) is 0. The van der Waals surface area contributed by atoms with Crippen LogP contribution in [0.25, 0.3) is 0 Å². The van der Waals surface area contributed by atoms with Gasteiger partial charge in [0, 0.05) is 42.9 Å². The van der Waals surface area contributed by atoms with Gasteiger partial charge >= 0.3 is 0 Å². The Morgan fingerprint density at radius 2 is 2.13 bits per heavy atom. The molecule has 1 atom stereocenters. The highest BCUT2D eigenvalue weighted by Crippen LogP contribution is 2.29. The van der Waals surface area contributed by atoms with E-state index in [1.807, 2.05) is 38.1 Å². The van der Waals surface area contributed by atoms with Crippen LogP contribution >= 0.6 is 11.8 Å². The van der Waals surface area contributed by atoms with Crippen LogP contribution in [0.3, 0.4) is 0 Å². The van der Waals surface area contributed by atoms with E-state index in [1.54, 1.807) is 11.8 Å². The lowest BCUT2D eigenvalue weighted by Crippen LogP contribution is -2.25. The van der Waals surface area contributed by atoms with E-state index in [0.29, 0.717) is 24.4 Å². The molecular formula is C17H22N2O3S. The number of rotatable bonds is 5. The molecule has 1 aliphatic rings. The summed E-state index contributed by atoms with van der Waals surface area (Å²) in [6.45, 7) is 5.82. The molecule has 1 saturated heterocycles. The first-order chi connectivity index (χ1) is 10.9. The summed E-state index contributed by atoms with van der Waals surface area (Å²) in [6, 6.07) is 7.33. The number of amides is 2. The molecule has 124 valence electrons. The molecule has 2 amide bonds. The van der Waals surface area contributed by atoms with Crippen LogP contribution in [0.15, 0.2) is 24.3 Å². The maximum Gasteiger partial charge on any atom is 0.227 e. The van der Waals surface area contributed by atoms with E-state index >= 15 is 0 Å². The molecule has 23 heavy (non-hydrogen) atoms. The summed E-state index contributed by atoms with van der Waals surface area (Å²) in [4.78, 5) is 36.8. The van der Waals surface area contributed by atoms with E-state index in [0.717, 1.165) is 5.69 Å². The monoisotopic (exact) mass is 334 g/mol. The van der Waals surface area contributed by atoms with E-state index < -0.39 is 0 Å². The molecule has 6 heteroatoms. The van der Waals surface area contributed by atoms with Crippen molar-refractivity contribution in [2.24, 2.45) is 11.8 Å². The normalized spacial score (nSPS) is 17.7. The van der Waals surface area contributed by atoms with E-state index in [2.05, 4.69) is 5.32 Å². The maximum atomic E-state index is 12.2. The Kier molecular flexibility index (Phi) is 5.82. The molecule has 5 nitrogen and oxygen atoms in total. The van der Waals surface area contributed by atoms with Crippen molar-refractivity contribution in [1.82, 2.24) is 0 Å². The number of carbonyl (C=O) groups is 3. The van der Waals surface area contributed by atoms with Crippen molar-refractivity contribution in [2.75, 3.05) is 22.5 Å². The van der Waals surface area contributed by atoms with Gasteiger partial charge in [0.05, 0.1) is 0 Å². The topological polar surface area (TPSA) is 66.5 Å². The summed E-state index contributed by atoms with van der Waals surface area (Å²) in [5.41, 5.74) is 1.47. The third kappa shape index (κ3) is 4.82. The zero-order valence-corrected chi connectivity index (χ0v) is 14.5. The van der Waals surface area contributed by atoms with Gasteiger partial charge in [-0.2, -0.15) is 0 Å². The lowest BCUT2D eigenvalue weighted by molar-refractivity contribution is -0.119. The molecule has 1 aromatic rings. The van der Waals surface area contributed by atoms with Crippen molar-refractivity contribution in [3.8, 4) is 0 Å². The number of carbonyl (C=O) groups excluding carboxylic acids is 3. The van der Waals surface area contributed by atoms with Crippen LogP contribution in [-0.4, -0.2) is 29.2 Å². The molecule has 1 unspecified atom stereocenters. The van der Waals surface area contributed by atoms with E-state index in [9.17, 15) is 14.4 Å². The first kappa shape index (κ1) is 17.5. The molecular weight excluding hydrogens is 312 g/mol. The van der Waals surface area contributed by atoms with Crippen molar-refractivity contribution in [3.63, 3.8) is 0 Å². The molecule has 0 radical (unpaired) electrons. The second kappa shape index (κ2) is 7.64.